The molecule has 19 heavy (non-hydrogen) atoms. The molecular formula is C16H24N2O. The van der Waals surface area contributed by atoms with Crippen LogP contribution >= 0.6 is 0 Å². The van der Waals surface area contributed by atoms with Crippen LogP contribution in [-0.2, 0) is 4.79 Å². The SMILES string of the molecule is CCC(NCCNC(=O)C1CC1)c1ccc(C)cc1. The average Bonchev–Trinajstić information content (AvgIpc) is 3.24. The molecule has 0 aromatic heterocycles. The molecule has 104 valence electrons. The minimum atomic E-state index is 0.227. The van der Waals surface area contributed by atoms with E-state index in [-0.39, 0.29) is 5.91 Å². The normalized spacial score (nSPS) is 16.1. The van der Waals surface area contributed by atoms with Crippen molar-refractivity contribution in [2.24, 2.45) is 5.92 Å². The first-order valence-electron chi connectivity index (χ1n) is 7.28. The first-order chi connectivity index (χ1) is 9.20. The van der Waals surface area contributed by atoms with Gasteiger partial charge in [0.15, 0.2) is 0 Å². The molecule has 1 unspecified atom stereocenters. The summed E-state index contributed by atoms with van der Waals surface area (Å²) in [5.74, 6) is 0.532. The van der Waals surface area contributed by atoms with Crippen molar-refractivity contribution >= 4 is 5.91 Å². The zero-order valence-corrected chi connectivity index (χ0v) is 11.9. The first kappa shape index (κ1) is 14.1. The maximum absolute atomic E-state index is 11.5. The van der Waals surface area contributed by atoms with Gasteiger partial charge in [0.2, 0.25) is 5.91 Å². The molecule has 2 N–H and O–H groups in total. The van der Waals surface area contributed by atoms with Gasteiger partial charge in [-0.2, -0.15) is 0 Å². The molecule has 0 spiro atoms. The van der Waals surface area contributed by atoms with Crippen LogP contribution in [0.1, 0.15) is 43.4 Å². The molecule has 1 aliphatic carbocycles. The number of hydrogen-bond donors (Lipinski definition) is 2. The molecule has 1 aromatic carbocycles. The molecule has 0 saturated heterocycles. The molecule has 3 heteroatoms. The summed E-state index contributed by atoms with van der Waals surface area (Å²) in [6.45, 7) is 5.83. The van der Waals surface area contributed by atoms with Crippen molar-refractivity contribution < 1.29 is 4.79 Å². The Morgan fingerprint density at radius 3 is 2.53 bits per heavy atom. The number of hydrogen-bond acceptors (Lipinski definition) is 2. The van der Waals surface area contributed by atoms with Crippen molar-refractivity contribution in [3.8, 4) is 0 Å². The van der Waals surface area contributed by atoms with Crippen LogP contribution in [-0.4, -0.2) is 19.0 Å². The molecule has 1 saturated carbocycles. The van der Waals surface area contributed by atoms with E-state index in [4.69, 9.17) is 0 Å². The first-order valence-corrected chi connectivity index (χ1v) is 7.28. The van der Waals surface area contributed by atoms with Gasteiger partial charge >= 0.3 is 0 Å². The third-order valence-electron chi connectivity index (χ3n) is 3.65. The number of aryl methyl sites for hydroxylation is 1. The third-order valence-corrected chi connectivity index (χ3v) is 3.65. The van der Waals surface area contributed by atoms with Crippen LogP contribution < -0.4 is 10.6 Å². The van der Waals surface area contributed by atoms with Crippen molar-refractivity contribution in [1.82, 2.24) is 10.6 Å². The van der Waals surface area contributed by atoms with E-state index in [0.29, 0.717) is 12.0 Å². The number of nitrogens with one attached hydrogen (secondary N) is 2. The highest BCUT2D eigenvalue weighted by molar-refractivity contribution is 5.80. The highest BCUT2D eigenvalue weighted by atomic mass is 16.2. The lowest BCUT2D eigenvalue weighted by atomic mass is 10.0. The van der Waals surface area contributed by atoms with Crippen molar-refractivity contribution in [1.29, 1.82) is 0 Å². The van der Waals surface area contributed by atoms with Crippen molar-refractivity contribution in [2.45, 2.75) is 39.2 Å². The zero-order chi connectivity index (χ0) is 13.7. The number of carbonyl (C=O) groups is 1. The van der Waals surface area contributed by atoms with Gasteiger partial charge in [-0.3, -0.25) is 4.79 Å². The molecule has 1 fully saturated rings. The molecule has 0 radical (unpaired) electrons. The van der Waals surface area contributed by atoms with Gasteiger partial charge in [-0.25, -0.2) is 0 Å². The Labute approximate surface area is 115 Å². The zero-order valence-electron chi connectivity index (χ0n) is 11.9. The standard InChI is InChI=1S/C16H24N2O/c1-3-15(13-6-4-12(2)5-7-13)17-10-11-18-16(19)14-8-9-14/h4-7,14-15,17H,3,8-11H2,1-2H3,(H,18,19). The predicted molar refractivity (Wildman–Crippen MR) is 77.9 cm³/mol. The van der Waals surface area contributed by atoms with Crippen LogP contribution in [0.3, 0.4) is 0 Å². The molecule has 0 bridgehead atoms. The van der Waals surface area contributed by atoms with Crippen LogP contribution in [0.15, 0.2) is 24.3 Å². The van der Waals surface area contributed by atoms with E-state index in [1.807, 2.05) is 0 Å². The van der Waals surface area contributed by atoms with E-state index in [1.54, 1.807) is 0 Å². The average molecular weight is 260 g/mol. The van der Waals surface area contributed by atoms with Gasteiger partial charge in [0, 0.05) is 25.0 Å². The van der Waals surface area contributed by atoms with Gasteiger partial charge in [-0.15, -0.1) is 0 Å². The van der Waals surface area contributed by atoms with Gasteiger partial charge in [0.1, 0.15) is 0 Å². The Kier molecular flexibility index (Phi) is 4.97. The Bertz CT molecular complexity index is 409. The summed E-state index contributed by atoms with van der Waals surface area (Å²) in [7, 11) is 0. The van der Waals surface area contributed by atoms with Gasteiger partial charge in [0.05, 0.1) is 0 Å². The van der Waals surface area contributed by atoms with Gasteiger partial charge in [0.25, 0.3) is 0 Å². The molecule has 2 rings (SSSR count). The fraction of sp³-hybridized carbons (Fsp3) is 0.562. The minimum Gasteiger partial charge on any atom is -0.355 e. The Morgan fingerprint density at radius 1 is 1.26 bits per heavy atom. The molecule has 3 nitrogen and oxygen atoms in total. The van der Waals surface area contributed by atoms with Crippen molar-refractivity contribution in [3.05, 3.63) is 35.4 Å². The van der Waals surface area contributed by atoms with Gasteiger partial charge in [-0.1, -0.05) is 36.8 Å². The molecule has 1 aliphatic rings. The van der Waals surface area contributed by atoms with Gasteiger partial charge in [-0.05, 0) is 31.7 Å². The van der Waals surface area contributed by atoms with E-state index >= 15 is 0 Å². The topological polar surface area (TPSA) is 41.1 Å². The largest absolute Gasteiger partial charge is 0.355 e. The molecule has 0 heterocycles. The van der Waals surface area contributed by atoms with Gasteiger partial charge < -0.3 is 10.6 Å². The van der Waals surface area contributed by atoms with E-state index in [0.717, 1.165) is 32.4 Å². The van der Waals surface area contributed by atoms with Crippen LogP contribution in [0.5, 0.6) is 0 Å². The lowest BCUT2D eigenvalue weighted by molar-refractivity contribution is -0.122. The molecule has 1 atom stereocenters. The van der Waals surface area contributed by atoms with Crippen LogP contribution in [0.4, 0.5) is 0 Å². The summed E-state index contributed by atoms with van der Waals surface area (Å²) in [5, 5.41) is 6.49. The maximum Gasteiger partial charge on any atom is 0.223 e. The third kappa shape index (κ3) is 4.35. The fourth-order valence-electron chi connectivity index (χ4n) is 2.22. The van der Waals surface area contributed by atoms with E-state index in [9.17, 15) is 4.79 Å². The lowest BCUT2D eigenvalue weighted by Gasteiger charge is -2.18. The van der Waals surface area contributed by atoms with Crippen LogP contribution in [0.25, 0.3) is 0 Å². The summed E-state index contributed by atoms with van der Waals surface area (Å²) in [6, 6.07) is 9.03. The Balaban J connectivity index is 1.72. The lowest BCUT2D eigenvalue weighted by Crippen LogP contribution is -2.34. The quantitative estimate of drug-likeness (QED) is 0.740. The molecule has 0 aliphatic heterocycles. The summed E-state index contributed by atoms with van der Waals surface area (Å²) in [5.41, 5.74) is 2.61. The summed E-state index contributed by atoms with van der Waals surface area (Å²) < 4.78 is 0. The second kappa shape index (κ2) is 6.71. The van der Waals surface area contributed by atoms with Crippen molar-refractivity contribution in [3.63, 3.8) is 0 Å². The van der Waals surface area contributed by atoms with E-state index in [1.165, 1.54) is 11.1 Å². The minimum absolute atomic E-state index is 0.227. The predicted octanol–water partition coefficient (Wildman–Crippen LogP) is 2.56. The highest BCUT2D eigenvalue weighted by Crippen LogP contribution is 2.28. The van der Waals surface area contributed by atoms with Crippen LogP contribution in [0, 0.1) is 12.8 Å². The number of benzene rings is 1. The summed E-state index contributed by atoms with van der Waals surface area (Å²) >= 11 is 0. The molecule has 1 aromatic rings. The summed E-state index contributed by atoms with van der Waals surface area (Å²) in [4.78, 5) is 11.5. The number of amides is 1. The van der Waals surface area contributed by atoms with E-state index < -0.39 is 0 Å². The second-order valence-corrected chi connectivity index (χ2v) is 5.39. The monoisotopic (exact) mass is 260 g/mol. The number of carbonyl (C=O) groups excluding carboxylic acids is 1. The maximum atomic E-state index is 11.5. The molecular weight excluding hydrogens is 236 g/mol. The fourth-order valence-corrected chi connectivity index (χ4v) is 2.22. The Hall–Kier alpha value is -1.35. The molecule has 1 amide bonds. The Morgan fingerprint density at radius 2 is 1.95 bits per heavy atom. The van der Waals surface area contributed by atoms with E-state index in [2.05, 4.69) is 48.7 Å². The second-order valence-electron chi connectivity index (χ2n) is 5.39. The highest BCUT2D eigenvalue weighted by Gasteiger charge is 2.28. The summed E-state index contributed by atoms with van der Waals surface area (Å²) in [6.07, 6.45) is 3.19. The number of rotatable bonds is 7. The smallest absolute Gasteiger partial charge is 0.223 e. The van der Waals surface area contributed by atoms with Crippen molar-refractivity contribution in [2.75, 3.05) is 13.1 Å². The van der Waals surface area contributed by atoms with Crippen LogP contribution in [0.2, 0.25) is 0 Å².